The Labute approximate surface area is 120 Å². The number of nitrogens with two attached hydrogens (primary N) is 1. The van der Waals surface area contributed by atoms with E-state index in [1.54, 1.807) is 26.1 Å². The number of hydrogen-bond acceptors (Lipinski definition) is 3. The molecule has 4 nitrogen and oxygen atoms in total. The van der Waals surface area contributed by atoms with Crippen molar-refractivity contribution in [2.45, 2.75) is 32.2 Å². The van der Waals surface area contributed by atoms with Crippen LogP contribution in [0, 0.1) is 5.82 Å². The van der Waals surface area contributed by atoms with Gasteiger partial charge >= 0.3 is 0 Å². The molecule has 0 aliphatic rings. The highest BCUT2D eigenvalue weighted by Gasteiger charge is 2.28. The van der Waals surface area contributed by atoms with E-state index in [9.17, 15) is 9.18 Å². The summed E-state index contributed by atoms with van der Waals surface area (Å²) in [5.41, 5.74) is 5.27. The first-order valence-corrected chi connectivity index (χ1v) is 6.93. The summed E-state index contributed by atoms with van der Waals surface area (Å²) >= 11 is 0. The van der Waals surface area contributed by atoms with Gasteiger partial charge < -0.3 is 16.0 Å². The predicted molar refractivity (Wildman–Crippen MR) is 80.2 cm³/mol. The van der Waals surface area contributed by atoms with Crippen LogP contribution in [-0.4, -0.2) is 31.6 Å². The van der Waals surface area contributed by atoms with Crippen molar-refractivity contribution in [1.29, 1.82) is 0 Å². The first kappa shape index (κ1) is 16.4. The Bertz CT molecular complexity index is 452. The quantitative estimate of drug-likeness (QED) is 0.765. The van der Waals surface area contributed by atoms with Gasteiger partial charge in [-0.15, -0.1) is 0 Å². The van der Waals surface area contributed by atoms with Crippen molar-refractivity contribution in [2.24, 2.45) is 5.73 Å². The Kier molecular flexibility index (Phi) is 5.95. The van der Waals surface area contributed by atoms with E-state index < -0.39 is 5.54 Å². The van der Waals surface area contributed by atoms with Crippen LogP contribution in [0.4, 0.5) is 10.1 Å². The topological polar surface area (TPSA) is 58.4 Å². The average Bonchev–Trinajstić information content (AvgIpc) is 2.44. The van der Waals surface area contributed by atoms with Crippen LogP contribution in [0.2, 0.25) is 0 Å². The summed E-state index contributed by atoms with van der Waals surface area (Å²) in [6, 6.07) is 6.73. The molecular formula is C15H24FN3O. The largest absolute Gasteiger partial charge is 0.369 e. The van der Waals surface area contributed by atoms with Crippen LogP contribution in [0.25, 0.3) is 0 Å². The minimum Gasteiger partial charge on any atom is -0.369 e. The molecule has 0 saturated heterocycles. The zero-order valence-electron chi connectivity index (χ0n) is 12.4. The number of hydrogen-bond donors (Lipinski definition) is 2. The van der Waals surface area contributed by atoms with Crippen LogP contribution in [0.15, 0.2) is 24.3 Å². The lowest BCUT2D eigenvalue weighted by Crippen LogP contribution is -2.51. The lowest BCUT2D eigenvalue weighted by Gasteiger charge is -2.28. The lowest BCUT2D eigenvalue weighted by atomic mass is 9.95. The fraction of sp³-hybridized carbons (Fsp3) is 0.533. The Hall–Kier alpha value is -1.62. The maximum Gasteiger partial charge on any atom is 0.237 e. The lowest BCUT2D eigenvalue weighted by molar-refractivity contribution is -0.123. The number of likely N-dealkylation sites (N-methyl/N-ethyl adjacent to an activating group) is 1. The second kappa shape index (κ2) is 7.24. The molecule has 1 aromatic carbocycles. The molecule has 5 heteroatoms. The number of carbonyl (C=O) groups excluding carboxylic acids is 1. The minimum atomic E-state index is -0.714. The van der Waals surface area contributed by atoms with E-state index in [1.807, 2.05) is 17.9 Å². The number of carbonyl (C=O) groups is 1. The second-order valence-electron chi connectivity index (χ2n) is 5.08. The Morgan fingerprint density at radius 3 is 2.60 bits per heavy atom. The van der Waals surface area contributed by atoms with Crippen molar-refractivity contribution in [3.63, 3.8) is 0 Å². The van der Waals surface area contributed by atoms with Gasteiger partial charge in [0.25, 0.3) is 0 Å². The third-order valence-corrected chi connectivity index (χ3v) is 3.78. The monoisotopic (exact) mass is 281 g/mol. The Morgan fingerprint density at radius 1 is 1.45 bits per heavy atom. The number of nitrogens with one attached hydrogen (secondary N) is 1. The number of halogens is 1. The summed E-state index contributed by atoms with van der Waals surface area (Å²) in [7, 11) is 1.72. The van der Waals surface area contributed by atoms with Crippen LogP contribution in [0.3, 0.4) is 0 Å². The molecule has 1 unspecified atom stereocenters. The normalized spacial score (nSPS) is 13.8. The van der Waals surface area contributed by atoms with E-state index in [2.05, 4.69) is 5.32 Å². The third kappa shape index (κ3) is 3.93. The predicted octanol–water partition coefficient (Wildman–Crippen LogP) is 1.90. The van der Waals surface area contributed by atoms with Crippen molar-refractivity contribution in [3.8, 4) is 0 Å². The van der Waals surface area contributed by atoms with Gasteiger partial charge in [-0.1, -0.05) is 12.1 Å². The van der Waals surface area contributed by atoms with Crippen molar-refractivity contribution < 1.29 is 9.18 Å². The molecule has 1 amide bonds. The van der Waals surface area contributed by atoms with E-state index >= 15 is 0 Å². The van der Waals surface area contributed by atoms with Crippen LogP contribution >= 0.6 is 0 Å². The van der Waals surface area contributed by atoms with E-state index in [4.69, 9.17) is 5.73 Å². The van der Waals surface area contributed by atoms with Crippen molar-refractivity contribution in [2.75, 3.05) is 25.0 Å². The summed E-state index contributed by atoms with van der Waals surface area (Å²) in [5, 5.41) is 2.95. The summed E-state index contributed by atoms with van der Waals surface area (Å²) in [4.78, 5) is 13.4. The Morgan fingerprint density at radius 2 is 2.10 bits per heavy atom. The molecule has 0 bridgehead atoms. The minimum absolute atomic E-state index is 0.222. The number of nitrogens with zero attached hydrogens (tertiary/aromatic N) is 1. The number of rotatable bonds is 8. The zero-order chi connectivity index (χ0) is 15.2. The highest BCUT2D eigenvalue weighted by atomic mass is 19.1. The first-order valence-electron chi connectivity index (χ1n) is 6.93. The smallest absolute Gasteiger partial charge is 0.237 e. The van der Waals surface area contributed by atoms with Gasteiger partial charge in [0, 0.05) is 13.1 Å². The molecule has 1 aromatic rings. The van der Waals surface area contributed by atoms with Crippen LogP contribution in [-0.2, 0) is 4.79 Å². The van der Waals surface area contributed by atoms with E-state index in [-0.39, 0.29) is 11.7 Å². The highest BCUT2D eigenvalue weighted by Crippen LogP contribution is 2.20. The van der Waals surface area contributed by atoms with Crippen molar-refractivity contribution in [1.82, 2.24) is 5.32 Å². The van der Waals surface area contributed by atoms with Crippen LogP contribution < -0.4 is 16.0 Å². The highest BCUT2D eigenvalue weighted by molar-refractivity contribution is 5.84. The van der Waals surface area contributed by atoms with E-state index in [0.717, 1.165) is 6.42 Å². The Balaban J connectivity index is 2.63. The fourth-order valence-electron chi connectivity index (χ4n) is 2.15. The standard InChI is InChI=1S/C15H24FN3O/c1-4-19(13-9-6-5-8-12(13)16)11-7-10-15(2,18-3)14(17)20/h5-6,8-9,18H,4,7,10-11H2,1-3H3,(H2,17,20). The maximum atomic E-state index is 13.8. The molecule has 3 N–H and O–H groups in total. The molecule has 0 saturated carbocycles. The molecule has 0 radical (unpaired) electrons. The van der Waals surface area contributed by atoms with Crippen molar-refractivity contribution in [3.05, 3.63) is 30.1 Å². The molecule has 1 rings (SSSR count). The summed E-state index contributed by atoms with van der Waals surface area (Å²) in [6.07, 6.45) is 1.37. The molecule has 0 aliphatic carbocycles. The number of para-hydroxylation sites is 1. The summed E-state index contributed by atoms with van der Waals surface area (Å²) in [5.74, 6) is -0.588. The first-order chi connectivity index (χ1) is 9.44. The number of primary amides is 1. The van der Waals surface area contributed by atoms with E-state index in [0.29, 0.717) is 25.2 Å². The van der Waals surface area contributed by atoms with Crippen LogP contribution in [0.5, 0.6) is 0 Å². The number of benzene rings is 1. The molecular weight excluding hydrogens is 257 g/mol. The SMILES string of the molecule is CCN(CCCC(C)(NC)C(N)=O)c1ccccc1F. The van der Waals surface area contributed by atoms with Gasteiger partial charge in [-0.05, 0) is 45.9 Å². The van der Waals surface area contributed by atoms with Gasteiger partial charge in [-0.2, -0.15) is 0 Å². The molecule has 112 valence electrons. The number of amides is 1. The van der Waals surface area contributed by atoms with Gasteiger partial charge in [0.05, 0.1) is 11.2 Å². The third-order valence-electron chi connectivity index (χ3n) is 3.78. The summed E-state index contributed by atoms with van der Waals surface area (Å²) in [6.45, 7) is 5.17. The maximum absolute atomic E-state index is 13.8. The van der Waals surface area contributed by atoms with Gasteiger partial charge in [0.1, 0.15) is 5.82 Å². The molecule has 1 atom stereocenters. The summed E-state index contributed by atoms with van der Waals surface area (Å²) < 4.78 is 13.8. The molecule has 0 spiro atoms. The zero-order valence-corrected chi connectivity index (χ0v) is 12.4. The van der Waals surface area contributed by atoms with Gasteiger partial charge in [-0.3, -0.25) is 4.79 Å². The molecule has 20 heavy (non-hydrogen) atoms. The average molecular weight is 281 g/mol. The molecule has 0 fully saturated rings. The molecule has 0 heterocycles. The van der Waals surface area contributed by atoms with Crippen molar-refractivity contribution >= 4 is 11.6 Å². The molecule has 0 aliphatic heterocycles. The van der Waals surface area contributed by atoms with E-state index in [1.165, 1.54) is 6.07 Å². The second-order valence-corrected chi connectivity index (χ2v) is 5.08. The van der Waals surface area contributed by atoms with Gasteiger partial charge in [0.15, 0.2) is 0 Å². The van der Waals surface area contributed by atoms with Gasteiger partial charge in [-0.25, -0.2) is 4.39 Å². The molecule has 0 aromatic heterocycles. The fourth-order valence-corrected chi connectivity index (χ4v) is 2.15. The number of anilines is 1. The van der Waals surface area contributed by atoms with Gasteiger partial charge in [0.2, 0.25) is 5.91 Å². The van der Waals surface area contributed by atoms with Crippen LogP contribution in [0.1, 0.15) is 26.7 Å².